The number of hydrogen-bond donors (Lipinski definition) is 3. The Morgan fingerprint density at radius 3 is 2.41 bits per heavy atom. The van der Waals surface area contributed by atoms with Gasteiger partial charge in [0.15, 0.2) is 11.5 Å². The van der Waals surface area contributed by atoms with Crippen LogP contribution in [0.4, 0.5) is 5.69 Å². The molecule has 3 aromatic carbocycles. The summed E-state index contributed by atoms with van der Waals surface area (Å²) in [7, 11) is 1.66. The van der Waals surface area contributed by atoms with Gasteiger partial charge in [-0.1, -0.05) is 31.4 Å². The average molecular weight is 596 g/mol. The van der Waals surface area contributed by atoms with E-state index in [1.54, 1.807) is 21.0 Å². The third-order valence-corrected chi connectivity index (χ3v) is 8.78. The number of benzene rings is 3. The number of carboxylic acid groups (broad SMARTS) is 1. The lowest BCUT2D eigenvalue weighted by molar-refractivity contribution is -0.120. The molecule has 6 rings (SSSR count). The molecule has 9 nitrogen and oxygen atoms in total. The summed E-state index contributed by atoms with van der Waals surface area (Å²) in [5, 5.41) is 15.9. The van der Waals surface area contributed by atoms with Gasteiger partial charge in [0, 0.05) is 27.7 Å². The quantitative estimate of drug-likeness (QED) is 0.221. The third kappa shape index (κ3) is 5.38. The Morgan fingerprint density at radius 1 is 0.977 bits per heavy atom. The van der Waals surface area contributed by atoms with Crippen molar-refractivity contribution in [3.8, 4) is 22.8 Å². The van der Waals surface area contributed by atoms with E-state index in [2.05, 4.69) is 21.3 Å². The van der Waals surface area contributed by atoms with Crippen LogP contribution in [-0.2, 0) is 11.3 Å². The number of nitrogens with zero attached hydrogens (tertiary/aromatic N) is 1. The zero-order chi connectivity index (χ0) is 31.0. The fourth-order valence-electron chi connectivity index (χ4n) is 6.49. The number of aromatic carboxylic acids is 1. The molecule has 4 aromatic rings. The van der Waals surface area contributed by atoms with Crippen LogP contribution in [0.1, 0.15) is 78.1 Å². The Kier molecular flexibility index (Phi) is 7.80. The van der Waals surface area contributed by atoms with Crippen LogP contribution in [0, 0.1) is 0 Å². The monoisotopic (exact) mass is 595 g/mol. The lowest BCUT2D eigenvalue weighted by Gasteiger charge is -2.25. The second kappa shape index (κ2) is 11.7. The molecule has 1 fully saturated rings. The molecule has 1 aromatic heterocycles. The van der Waals surface area contributed by atoms with Crippen molar-refractivity contribution >= 4 is 34.4 Å². The Balaban J connectivity index is 1.34. The first kappa shape index (κ1) is 29.3. The number of hydrogen-bond acceptors (Lipinski definition) is 5. The molecule has 0 atom stereocenters. The molecule has 0 radical (unpaired) electrons. The van der Waals surface area contributed by atoms with Gasteiger partial charge in [-0.2, -0.15) is 0 Å². The van der Waals surface area contributed by atoms with Crippen molar-refractivity contribution in [1.29, 1.82) is 0 Å². The predicted octanol–water partition coefficient (Wildman–Crippen LogP) is 6.60. The van der Waals surface area contributed by atoms with Crippen LogP contribution in [0.3, 0.4) is 0 Å². The van der Waals surface area contributed by atoms with Crippen molar-refractivity contribution < 1.29 is 29.0 Å². The average Bonchev–Trinajstić information content (AvgIpc) is 3.21. The summed E-state index contributed by atoms with van der Waals surface area (Å²) in [6.45, 7) is 4.36. The van der Waals surface area contributed by atoms with Gasteiger partial charge in [0.05, 0.1) is 24.9 Å². The molecule has 0 saturated heterocycles. The number of aromatic nitrogens is 1. The number of anilines is 1. The number of nitrogens with one attached hydrogen (secondary N) is 2. The number of amides is 2. The summed E-state index contributed by atoms with van der Waals surface area (Å²) < 4.78 is 14.2. The number of para-hydroxylation sites is 1. The fourth-order valence-corrected chi connectivity index (χ4v) is 6.49. The zero-order valence-corrected chi connectivity index (χ0v) is 25.2. The van der Waals surface area contributed by atoms with Gasteiger partial charge in [-0.05, 0) is 86.7 Å². The summed E-state index contributed by atoms with van der Waals surface area (Å²) >= 11 is 0. The molecule has 44 heavy (non-hydrogen) atoms. The Labute approximate surface area is 256 Å². The topological polar surface area (TPSA) is 119 Å². The second-order valence-corrected chi connectivity index (χ2v) is 12.1. The zero-order valence-electron chi connectivity index (χ0n) is 25.2. The van der Waals surface area contributed by atoms with Gasteiger partial charge in [0.25, 0.3) is 5.91 Å². The van der Waals surface area contributed by atoms with Crippen LogP contribution < -0.4 is 20.1 Å². The van der Waals surface area contributed by atoms with Crippen molar-refractivity contribution in [1.82, 2.24) is 9.88 Å². The highest BCUT2D eigenvalue weighted by molar-refractivity contribution is 6.05. The van der Waals surface area contributed by atoms with Gasteiger partial charge in [0.1, 0.15) is 12.1 Å². The van der Waals surface area contributed by atoms with E-state index in [-0.39, 0.29) is 11.5 Å². The third-order valence-electron chi connectivity index (χ3n) is 8.78. The van der Waals surface area contributed by atoms with Crippen LogP contribution in [-0.4, -0.2) is 46.7 Å². The van der Waals surface area contributed by atoms with Crippen LogP contribution in [0.5, 0.6) is 11.5 Å². The van der Waals surface area contributed by atoms with Gasteiger partial charge in [0.2, 0.25) is 5.91 Å². The first-order chi connectivity index (χ1) is 21.2. The first-order valence-corrected chi connectivity index (χ1v) is 15.1. The van der Waals surface area contributed by atoms with Gasteiger partial charge >= 0.3 is 5.97 Å². The van der Waals surface area contributed by atoms with E-state index in [9.17, 15) is 14.4 Å². The summed E-state index contributed by atoms with van der Waals surface area (Å²) in [5.41, 5.74) is 4.17. The minimum Gasteiger partial charge on any atom is -0.493 e. The largest absolute Gasteiger partial charge is 0.493 e. The highest BCUT2D eigenvalue weighted by Crippen LogP contribution is 2.49. The van der Waals surface area contributed by atoms with E-state index in [1.165, 1.54) is 49.1 Å². The summed E-state index contributed by atoms with van der Waals surface area (Å²) in [6.07, 6.45) is 5.88. The van der Waals surface area contributed by atoms with Gasteiger partial charge in [-0.25, -0.2) is 4.79 Å². The maximum absolute atomic E-state index is 13.6. The van der Waals surface area contributed by atoms with E-state index in [1.807, 2.05) is 30.3 Å². The molecule has 0 unspecified atom stereocenters. The maximum Gasteiger partial charge on any atom is 0.335 e. The summed E-state index contributed by atoms with van der Waals surface area (Å²) in [6, 6.07) is 17.7. The second-order valence-electron chi connectivity index (χ2n) is 12.1. The molecule has 2 aliphatic rings. The smallest absolute Gasteiger partial charge is 0.335 e. The minimum absolute atomic E-state index is 0.120. The van der Waals surface area contributed by atoms with Crippen molar-refractivity contribution in [2.75, 3.05) is 19.0 Å². The highest BCUT2D eigenvalue weighted by Gasteiger charge is 2.33. The number of carbonyl (C=O) groups is 3. The van der Waals surface area contributed by atoms with E-state index in [4.69, 9.17) is 14.6 Å². The normalized spacial score (nSPS) is 15.0. The summed E-state index contributed by atoms with van der Waals surface area (Å²) in [4.78, 5) is 37.9. The number of rotatable bonds is 7. The lowest BCUT2D eigenvalue weighted by Crippen LogP contribution is -2.52. The molecule has 1 saturated carbocycles. The number of methoxy groups -OCH3 is 1. The predicted molar refractivity (Wildman–Crippen MR) is 169 cm³/mol. The van der Waals surface area contributed by atoms with Crippen LogP contribution >= 0.6 is 0 Å². The lowest BCUT2D eigenvalue weighted by atomic mass is 9.81. The van der Waals surface area contributed by atoms with Crippen LogP contribution in [0.15, 0.2) is 60.7 Å². The Hall–Kier alpha value is -4.79. The van der Waals surface area contributed by atoms with E-state index in [0.717, 1.165) is 40.8 Å². The number of carboxylic acids is 1. The molecule has 3 N–H and O–H groups in total. The first-order valence-electron chi connectivity index (χ1n) is 15.1. The molecule has 9 heteroatoms. The van der Waals surface area contributed by atoms with Crippen molar-refractivity contribution in [2.24, 2.45) is 0 Å². The molecular weight excluding hydrogens is 558 g/mol. The van der Waals surface area contributed by atoms with Gasteiger partial charge in [-0.15, -0.1) is 0 Å². The number of ether oxygens (including phenoxy) is 2. The Morgan fingerprint density at radius 2 is 1.70 bits per heavy atom. The molecule has 228 valence electrons. The van der Waals surface area contributed by atoms with Crippen LogP contribution in [0.2, 0.25) is 0 Å². The number of carbonyl (C=O) groups excluding carboxylic acids is 2. The van der Waals surface area contributed by atoms with E-state index >= 15 is 0 Å². The molecule has 0 spiro atoms. The van der Waals surface area contributed by atoms with Gasteiger partial charge in [-0.3, -0.25) is 9.59 Å². The van der Waals surface area contributed by atoms with Crippen molar-refractivity contribution in [3.63, 3.8) is 0 Å². The SMILES string of the molecule is COc1cccc2c1OCCn1c-2c(C2CCCCC2)c2ccc(C(=O)NC(C)(C)C(=O)Nc3ccc(C(=O)O)cc3)cc21. The molecule has 2 heterocycles. The summed E-state index contributed by atoms with van der Waals surface area (Å²) in [5.74, 6) is 0.0242. The van der Waals surface area contributed by atoms with Gasteiger partial charge < -0.3 is 29.8 Å². The molecule has 1 aliphatic heterocycles. The standard InChI is InChI=1S/C35H37N3O6/c1-35(2,34(42)36-24-15-12-22(13-16-24)33(40)41)37-32(39)23-14-17-25-27(20-23)38-18-19-44-31-26(10-7-11-28(31)43-3)30(38)29(25)21-8-5-4-6-9-21/h7,10-17,20-21H,4-6,8-9,18-19H2,1-3H3,(H,36,42)(H,37,39)(H,40,41). The molecule has 0 bridgehead atoms. The fraction of sp³-hybridized carbons (Fsp3) is 0.343. The van der Waals surface area contributed by atoms with Crippen molar-refractivity contribution in [3.05, 3.63) is 77.4 Å². The van der Waals surface area contributed by atoms with E-state index in [0.29, 0.717) is 36.1 Å². The minimum atomic E-state index is -1.25. The molecular formula is C35H37N3O6. The number of fused-ring (bicyclic) bond motifs is 5. The highest BCUT2D eigenvalue weighted by atomic mass is 16.5. The van der Waals surface area contributed by atoms with Crippen molar-refractivity contribution in [2.45, 2.75) is 64.0 Å². The maximum atomic E-state index is 13.6. The van der Waals surface area contributed by atoms with Crippen LogP contribution in [0.25, 0.3) is 22.2 Å². The van der Waals surface area contributed by atoms with E-state index < -0.39 is 17.4 Å². The molecule has 2 amide bonds. The Bertz CT molecular complexity index is 1750. The molecule has 1 aliphatic carbocycles.